The number of carbonyl (C=O) groups excluding carboxylic acids is 2. The van der Waals surface area contributed by atoms with Crippen LogP contribution in [0, 0.1) is 0 Å². The lowest BCUT2D eigenvalue weighted by atomic mass is 10.3. The summed E-state index contributed by atoms with van der Waals surface area (Å²) in [5.74, 6) is -3.55. The number of nitrogens with one attached hydrogen (secondary N) is 1. The minimum absolute atomic E-state index is 0.281. The van der Waals surface area contributed by atoms with Crippen LogP contribution in [0.15, 0.2) is 0 Å². The first-order valence-electron chi connectivity index (χ1n) is 3.07. The summed E-state index contributed by atoms with van der Waals surface area (Å²) in [5, 5.41) is 1.39. The second kappa shape index (κ2) is 4.35. The molecule has 13 heavy (non-hydrogen) atoms. The van der Waals surface area contributed by atoms with E-state index in [4.69, 9.17) is 0 Å². The van der Waals surface area contributed by atoms with Gasteiger partial charge in [0.1, 0.15) is 6.04 Å². The summed E-state index contributed by atoms with van der Waals surface area (Å²) < 4.78 is 34.9. The lowest BCUT2D eigenvalue weighted by Gasteiger charge is -2.13. The Morgan fingerprint density at radius 1 is 1.46 bits per heavy atom. The van der Waals surface area contributed by atoms with Gasteiger partial charge in [-0.15, -0.1) is 0 Å². The molecule has 0 rings (SSSR count). The van der Waals surface area contributed by atoms with Crippen LogP contribution in [-0.4, -0.2) is 29.8 Å². The Morgan fingerprint density at radius 3 is 2.15 bits per heavy atom. The smallest absolute Gasteiger partial charge is 0.368 e. The number of halogens is 3. The van der Waals surface area contributed by atoms with Crippen LogP contribution in [0.1, 0.15) is 0 Å². The lowest BCUT2D eigenvalue weighted by molar-refractivity contribution is -0.174. The molecule has 0 aliphatic heterocycles. The standard InChI is InChI=1S/C5H7F3N2O2S/c6-5(7,8)4(12)10-2(1-13)3(9)11/h2,13H,1H2,(H2,9,11)(H,10,12)/t2-/m1/s1. The molecule has 0 saturated carbocycles. The Kier molecular flexibility index (Phi) is 4.05. The van der Waals surface area contributed by atoms with Crippen molar-refractivity contribution < 1.29 is 22.8 Å². The van der Waals surface area contributed by atoms with Gasteiger partial charge in [-0.3, -0.25) is 9.59 Å². The van der Waals surface area contributed by atoms with Crippen LogP contribution in [0.5, 0.6) is 0 Å². The highest BCUT2D eigenvalue weighted by molar-refractivity contribution is 7.80. The monoisotopic (exact) mass is 216 g/mol. The van der Waals surface area contributed by atoms with Crippen molar-refractivity contribution in [2.45, 2.75) is 12.2 Å². The summed E-state index contributed by atoms with van der Waals surface area (Å²) >= 11 is 3.54. The van der Waals surface area contributed by atoms with Crippen molar-refractivity contribution in [3.05, 3.63) is 0 Å². The van der Waals surface area contributed by atoms with Gasteiger partial charge in [0.25, 0.3) is 0 Å². The lowest BCUT2D eigenvalue weighted by Crippen LogP contribution is -2.50. The summed E-state index contributed by atoms with van der Waals surface area (Å²) in [7, 11) is 0. The molecule has 0 aliphatic rings. The van der Waals surface area contributed by atoms with E-state index in [1.807, 2.05) is 0 Å². The highest BCUT2D eigenvalue weighted by Gasteiger charge is 2.40. The van der Waals surface area contributed by atoms with Gasteiger partial charge in [0.15, 0.2) is 0 Å². The van der Waals surface area contributed by atoms with E-state index in [1.165, 1.54) is 5.32 Å². The molecule has 0 aliphatic carbocycles. The predicted octanol–water partition coefficient (Wildman–Crippen LogP) is -0.551. The highest BCUT2D eigenvalue weighted by atomic mass is 32.1. The Balaban J connectivity index is 4.26. The van der Waals surface area contributed by atoms with Crippen LogP contribution in [0.3, 0.4) is 0 Å². The fraction of sp³-hybridized carbons (Fsp3) is 0.600. The van der Waals surface area contributed by atoms with Gasteiger partial charge in [-0.1, -0.05) is 0 Å². The zero-order valence-electron chi connectivity index (χ0n) is 6.26. The molecule has 0 unspecified atom stereocenters. The Bertz CT molecular complexity index is 218. The van der Waals surface area contributed by atoms with E-state index < -0.39 is 24.0 Å². The molecule has 0 heterocycles. The number of hydrogen-bond donors (Lipinski definition) is 3. The number of hydrogen-bond acceptors (Lipinski definition) is 3. The third-order valence-corrected chi connectivity index (χ3v) is 1.45. The number of carbonyl (C=O) groups is 2. The third-order valence-electron chi connectivity index (χ3n) is 1.09. The number of alkyl halides is 3. The highest BCUT2D eigenvalue weighted by Crippen LogP contribution is 2.14. The summed E-state index contributed by atoms with van der Waals surface area (Å²) in [6, 6.07) is -1.41. The average Bonchev–Trinajstić information content (AvgIpc) is 1.96. The van der Waals surface area contributed by atoms with Gasteiger partial charge < -0.3 is 11.1 Å². The molecule has 1 atom stereocenters. The number of rotatable bonds is 3. The first-order chi connectivity index (χ1) is 5.79. The van der Waals surface area contributed by atoms with Crippen LogP contribution >= 0.6 is 12.6 Å². The molecule has 0 radical (unpaired) electrons. The van der Waals surface area contributed by atoms with Crippen molar-refractivity contribution in [3.63, 3.8) is 0 Å². The zero-order valence-corrected chi connectivity index (χ0v) is 7.15. The maximum atomic E-state index is 11.6. The quantitative estimate of drug-likeness (QED) is 0.554. The molecule has 3 N–H and O–H groups in total. The van der Waals surface area contributed by atoms with Crippen molar-refractivity contribution in [1.29, 1.82) is 0 Å². The molecule has 8 heteroatoms. The second-order valence-electron chi connectivity index (χ2n) is 2.11. The molecule has 4 nitrogen and oxygen atoms in total. The fourth-order valence-corrected chi connectivity index (χ4v) is 0.718. The summed E-state index contributed by atoms with van der Waals surface area (Å²) in [6.07, 6.45) is -5.02. The second-order valence-corrected chi connectivity index (χ2v) is 2.47. The maximum absolute atomic E-state index is 11.6. The predicted molar refractivity (Wildman–Crippen MR) is 41.0 cm³/mol. The molecule has 0 aromatic rings. The molecule has 2 amide bonds. The molecule has 0 bridgehead atoms. The Morgan fingerprint density at radius 2 is 1.92 bits per heavy atom. The van der Waals surface area contributed by atoms with Crippen molar-refractivity contribution in [2.24, 2.45) is 5.73 Å². The molecule has 0 aromatic heterocycles. The van der Waals surface area contributed by atoms with Gasteiger partial charge in [0.2, 0.25) is 5.91 Å². The SMILES string of the molecule is NC(=O)[C@@H](CS)NC(=O)C(F)(F)F. The van der Waals surface area contributed by atoms with Crippen molar-refractivity contribution in [3.8, 4) is 0 Å². The van der Waals surface area contributed by atoms with Gasteiger partial charge in [-0.05, 0) is 0 Å². The van der Waals surface area contributed by atoms with Crippen LogP contribution in [0.25, 0.3) is 0 Å². The van der Waals surface area contributed by atoms with Crippen molar-refractivity contribution in [1.82, 2.24) is 5.32 Å². The largest absolute Gasteiger partial charge is 0.471 e. The van der Waals surface area contributed by atoms with Crippen LogP contribution in [0.4, 0.5) is 13.2 Å². The van der Waals surface area contributed by atoms with E-state index in [0.717, 1.165) is 0 Å². The minimum atomic E-state index is -5.02. The number of primary amides is 1. The maximum Gasteiger partial charge on any atom is 0.471 e. The van der Waals surface area contributed by atoms with E-state index >= 15 is 0 Å². The van der Waals surface area contributed by atoms with Crippen molar-refractivity contribution >= 4 is 24.4 Å². The van der Waals surface area contributed by atoms with E-state index in [-0.39, 0.29) is 5.75 Å². The average molecular weight is 216 g/mol. The first kappa shape index (κ1) is 12.1. The number of thiol groups is 1. The molecule has 0 saturated heterocycles. The van der Waals surface area contributed by atoms with E-state index in [2.05, 4.69) is 18.4 Å². The van der Waals surface area contributed by atoms with Gasteiger partial charge >= 0.3 is 12.1 Å². The van der Waals surface area contributed by atoms with Gasteiger partial charge in [0.05, 0.1) is 0 Å². The molecule has 76 valence electrons. The summed E-state index contributed by atoms with van der Waals surface area (Å²) in [5.41, 5.74) is 4.67. The minimum Gasteiger partial charge on any atom is -0.368 e. The van der Waals surface area contributed by atoms with Crippen molar-refractivity contribution in [2.75, 3.05) is 5.75 Å². The molecular weight excluding hydrogens is 209 g/mol. The summed E-state index contributed by atoms with van der Waals surface area (Å²) in [6.45, 7) is 0. The number of nitrogens with two attached hydrogens (primary N) is 1. The first-order valence-corrected chi connectivity index (χ1v) is 3.70. The molecule has 0 aromatic carbocycles. The van der Waals surface area contributed by atoms with E-state index in [9.17, 15) is 22.8 Å². The van der Waals surface area contributed by atoms with Crippen LogP contribution in [-0.2, 0) is 9.59 Å². The zero-order chi connectivity index (χ0) is 10.6. The Labute approximate surface area is 77.1 Å². The topological polar surface area (TPSA) is 72.2 Å². The molecular formula is C5H7F3N2O2S. The molecule has 0 spiro atoms. The van der Waals surface area contributed by atoms with E-state index in [1.54, 1.807) is 0 Å². The number of amides is 2. The van der Waals surface area contributed by atoms with Crippen LogP contribution in [0.2, 0.25) is 0 Å². The Hall–Kier alpha value is -0.920. The summed E-state index contributed by atoms with van der Waals surface area (Å²) in [4.78, 5) is 20.6. The van der Waals surface area contributed by atoms with Gasteiger partial charge in [-0.25, -0.2) is 0 Å². The van der Waals surface area contributed by atoms with Gasteiger partial charge in [-0.2, -0.15) is 25.8 Å². The normalized spacial score (nSPS) is 13.5. The third kappa shape index (κ3) is 4.02. The van der Waals surface area contributed by atoms with Gasteiger partial charge in [0, 0.05) is 5.75 Å². The van der Waals surface area contributed by atoms with Crippen LogP contribution < -0.4 is 11.1 Å². The molecule has 0 fully saturated rings. The fourth-order valence-electron chi connectivity index (χ4n) is 0.447. The van der Waals surface area contributed by atoms with E-state index in [0.29, 0.717) is 0 Å².